The molecule has 7 heteroatoms. The predicted octanol–water partition coefficient (Wildman–Crippen LogP) is 1.17. The Bertz CT molecular complexity index is 723. The lowest BCUT2D eigenvalue weighted by Crippen LogP contribution is -2.45. The molecule has 5 rings (SSSR count). The van der Waals surface area contributed by atoms with E-state index in [9.17, 15) is 14.7 Å². The molecule has 0 amide bonds. The van der Waals surface area contributed by atoms with Gasteiger partial charge < -0.3 is 24.1 Å². The van der Waals surface area contributed by atoms with Crippen molar-refractivity contribution in [3.8, 4) is 0 Å². The van der Waals surface area contributed by atoms with Crippen molar-refractivity contribution in [1.29, 1.82) is 0 Å². The maximum atomic E-state index is 12.2. The molecule has 4 heterocycles. The van der Waals surface area contributed by atoms with Crippen LogP contribution in [-0.4, -0.2) is 53.9 Å². The van der Waals surface area contributed by atoms with Crippen LogP contribution in [0.1, 0.15) is 26.2 Å². The minimum atomic E-state index is -1.13. The minimum Gasteiger partial charge on any atom is -0.458 e. The molecule has 3 saturated heterocycles. The van der Waals surface area contributed by atoms with E-state index >= 15 is 0 Å². The molecule has 7 nitrogen and oxygen atoms in total. The average molecular weight is 362 g/mol. The van der Waals surface area contributed by atoms with E-state index in [1.807, 2.05) is 6.08 Å². The Balaban J connectivity index is 1.76. The Morgan fingerprint density at radius 1 is 1.46 bits per heavy atom. The Hall–Kier alpha value is -1.96. The summed E-state index contributed by atoms with van der Waals surface area (Å²) in [5, 5.41) is 10.5. The van der Waals surface area contributed by atoms with Crippen molar-refractivity contribution in [3.63, 3.8) is 0 Å². The fraction of sp³-hybridized carbons (Fsp3) is 0.579. The molecule has 26 heavy (non-hydrogen) atoms. The number of hydrogen-bond acceptors (Lipinski definition) is 7. The third-order valence-corrected chi connectivity index (χ3v) is 5.61. The van der Waals surface area contributed by atoms with Crippen molar-refractivity contribution in [2.24, 2.45) is 5.92 Å². The number of aliphatic hydroxyl groups excluding tert-OH is 1. The fourth-order valence-electron chi connectivity index (χ4n) is 4.09. The smallest absolute Gasteiger partial charge is 0.334 e. The van der Waals surface area contributed by atoms with E-state index in [1.165, 1.54) is 0 Å². The fourth-order valence-corrected chi connectivity index (χ4v) is 4.09. The third-order valence-electron chi connectivity index (χ3n) is 5.61. The first-order chi connectivity index (χ1) is 12.3. The average Bonchev–Trinajstić information content (AvgIpc) is 3.20. The van der Waals surface area contributed by atoms with Crippen molar-refractivity contribution in [3.05, 3.63) is 36.0 Å². The summed E-state index contributed by atoms with van der Waals surface area (Å²) >= 11 is 0. The van der Waals surface area contributed by atoms with Crippen LogP contribution in [-0.2, 0) is 28.5 Å². The van der Waals surface area contributed by atoms with Crippen LogP contribution >= 0.6 is 0 Å². The lowest BCUT2D eigenvalue weighted by atomic mass is 9.81. The van der Waals surface area contributed by atoms with Crippen LogP contribution < -0.4 is 0 Å². The van der Waals surface area contributed by atoms with E-state index in [2.05, 4.69) is 13.2 Å². The number of carbonyl (C=O) groups is 2. The van der Waals surface area contributed by atoms with Crippen molar-refractivity contribution in [1.82, 2.24) is 0 Å². The Morgan fingerprint density at radius 2 is 2.23 bits per heavy atom. The van der Waals surface area contributed by atoms with Gasteiger partial charge in [-0.15, -0.1) is 0 Å². The van der Waals surface area contributed by atoms with Crippen molar-refractivity contribution >= 4 is 11.9 Å². The number of hydrogen-bond donors (Lipinski definition) is 1. The third kappa shape index (κ3) is 2.71. The van der Waals surface area contributed by atoms with Crippen molar-refractivity contribution in [2.45, 2.75) is 56.4 Å². The van der Waals surface area contributed by atoms with Gasteiger partial charge in [0.1, 0.15) is 17.8 Å². The molecule has 4 aliphatic heterocycles. The molecule has 3 fully saturated rings. The maximum absolute atomic E-state index is 12.2. The molecular formula is C19H22O7. The molecule has 0 aromatic heterocycles. The van der Waals surface area contributed by atoms with Gasteiger partial charge in [-0.25, -0.2) is 9.59 Å². The molecule has 0 unspecified atom stereocenters. The molecule has 1 aliphatic carbocycles. The summed E-state index contributed by atoms with van der Waals surface area (Å²) in [5.41, 5.74) is 0.475. The molecule has 2 bridgehead atoms. The molecule has 5 aliphatic rings. The first kappa shape index (κ1) is 17.5. The van der Waals surface area contributed by atoms with E-state index in [-0.39, 0.29) is 30.3 Å². The summed E-state index contributed by atoms with van der Waals surface area (Å²) in [7, 11) is 0. The van der Waals surface area contributed by atoms with Crippen molar-refractivity contribution in [2.75, 3.05) is 6.61 Å². The highest BCUT2D eigenvalue weighted by molar-refractivity contribution is 5.91. The second kappa shape index (κ2) is 6.04. The highest BCUT2D eigenvalue weighted by Gasteiger charge is 2.65. The van der Waals surface area contributed by atoms with E-state index in [0.29, 0.717) is 0 Å². The highest BCUT2D eigenvalue weighted by atomic mass is 16.7. The zero-order chi connectivity index (χ0) is 18.6. The number of epoxide rings is 1. The van der Waals surface area contributed by atoms with Crippen LogP contribution in [0, 0.1) is 5.92 Å². The molecule has 0 aromatic carbocycles. The van der Waals surface area contributed by atoms with Gasteiger partial charge in [0.25, 0.3) is 0 Å². The summed E-state index contributed by atoms with van der Waals surface area (Å²) in [6.07, 6.45) is 0.815. The molecule has 0 aromatic rings. The summed E-state index contributed by atoms with van der Waals surface area (Å²) in [6.45, 7) is 9.24. The molecule has 140 valence electrons. The Labute approximate surface area is 151 Å². The number of aliphatic hydroxyl groups is 1. The minimum absolute atomic E-state index is 0.185. The van der Waals surface area contributed by atoms with Gasteiger partial charge in [-0.3, -0.25) is 0 Å². The lowest BCUT2D eigenvalue weighted by Gasteiger charge is -2.33. The van der Waals surface area contributed by atoms with Crippen molar-refractivity contribution < 1.29 is 33.6 Å². The van der Waals surface area contributed by atoms with Gasteiger partial charge >= 0.3 is 11.9 Å². The van der Waals surface area contributed by atoms with Crippen LogP contribution in [0.2, 0.25) is 0 Å². The molecule has 0 saturated carbocycles. The normalized spacial score (nSPS) is 43.3. The second-order valence-electron chi connectivity index (χ2n) is 7.44. The van der Waals surface area contributed by atoms with Gasteiger partial charge in [0.2, 0.25) is 0 Å². The SMILES string of the molecule is C=C(C)C(=O)O[C@H]1C[C@]23O[C@@H]2CC/C(=C/[C@H]2OC(=O)C(=C)[C@H]12)CO[C@H]3O. The van der Waals surface area contributed by atoms with Gasteiger partial charge in [0.15, 0.2) is 6.29 Å². The first-order valence-electron chi connectivity index (χ1n) is 8.75. The summed E-state index contributed by atoms with van der Waals surface area (Å²) in [5.74, 6) is -1.61. The van der Waals surface area contributed by atoms with Gasteiger partial charge in [0.05, 0.1) is 18.6 Å². The van der Waals surface area contributed by atoms with Crippen LogP contribution in [0.5, 0.6) is 0 Å². The van der Waals surface area contributed by atoms with Crippen LogP contribution in [0.25, 0.3) is 0 Å². The van der Waals surface area contributed by atoms with Gasteiger partial charge in [0, 0.05) is 17.6 Å². The van der Waals surface area contributed by atoms with E-state index < -0.39 is 42.0 Å². The first-order valence-corrected chi connectivity index (χ1v) is 8.75. The standard InChI is InChI=1S/C19H22O7/c1-9(2)16(20)25-13-7-19-14(26-19)5-4-11(8-23-18(19)22)6-12-15(13)10(3)17(21)24-12/h6,12-15,18,22H,1,3-5,7-8H2,2H3/b11-6-/t12-,13+,14-,15+,18-,19+/m1/s1. The lowest BCUT2D eigenvalue weighted by molar-refractivity contribution is -0.163. The number of ether oxygens (including phenoxy) is 4. The van der Waals surface area contributed by atoms with Gasteiger partial charge in [-0.1, -0.05) is 13.2 Å². The highest BCUT2D eigenvalue weighted by Crippen LogP contribution is 2.51. The van der Waals surface area contributed by atoms with Crippen LogP contribution in [0.15, 0.2) is 36.0 Å². The zero-order valence-corrected chi connectivity index (χ0v) is 14.6. The van der Waals surface area contributed by atoms with Crippen LogP contribution in [0.3, 0.4) is 0 Å². The second-order valence-corrected chi connectivity index (χ2v) is 7.44. The van der Waals surface area contributed by atoms with Gasteiger partial charge in [-0.05, 0) is 31.4 Å². The molecular weight excluding hydrogens is 340 g/mol. The molecule has 6 atom stereocenters. The maximum Gasteiger partial charge on any atom is 0.334 e. The van der Waals surface area contributed by atoms with E-state index in [1.54, 1.807) is 6.92 Å². The quantitative estimate of drug-likeness (QED) is 0.341. The van der Waals surface area contributed by atoms with Gasteiger partial charge in [-0.2, -0.15) is 0 Å². The molecule has 1 N–H and O–H groups in total. The topological polar surface area (TPSA) is 94.6 Å². The Morgan fingerprint density at radius 3 is 2.96 bits per heavy atom. The zero-order valence-electron chi connectivity index (χ0n) is 14.6. The predicted molar refractivity (Wildman–Crippen MR) is 88.7 cm³/mol. The van der Waals surface area contributed by atoms with Crippen LogP contribution in [0.4, 0.5) is 0 Å². The summed E-state index contributed by atoms with van der Waals surface area (Å²) < 4.78 is 22.5. The Kier molecular flexibility index (Phi) is 4.06. The number of fused-ring (bicyclic) bond motifs is 4. The monoisotopic (exact) mass is 362 g/mol. The molecule has 1 spiro atoms. The number of carbonyl (C=O) groups excluding carboxylic acids is 2. The molecule has 0 radical (unpaired) electrons. The number of esters is 2. The summed E-state index contributed by atoms with van der Waals surface area (Å²) in [4.78, 5) is 24.3. The van der Waals surface area contributed by atoms with E-state index in [4.69, 9.17) is 18.9 Å². The number of rotatable bonds is 2. The summed E-state index contributed by atoms with van der Waals surface area (Å²) in [6, 6.07) is 0. The van der Waals surface area contributed by atoms with E-state index in [0.717, 1.165) is 18.4 Å². The largest absolute Gasteiger partial charge is 0.458 e.